The van der Waals surface area contributed by atoms with Gasteiger partial charge in [0.2, 0.25) is 0 Å². The number of unbranched alkanes of at least 4 members (excludes halogenated alkanes) is 1. The fraction of sp³-hybridized carbons (Fsp3) is 0.778. The van der Waals surface area contributed by atoms with E-state index in [0.717, 1.165) is 12.8 Å². The Morgan fingerprint density at radius 2 is 2.08 bits per heavy atom. The number of allylic oxidation sites excluding steroid dienone is 1. The van der Waals surface area contributed by atoms with E-state index < -0.39 is 18.6 Å². The standard InChI is InChI=1S/C9H16F3N/c1-3-4-5-6-13-8(2)7-9(10,11)12/h3,8,13H,1,4-7H2,2H3. The van der Waals surface area contributed by atoms with Crippen LogP contribution in [0.1, 0.15) is 26.2 Å². The molecule has 0 aliphatic heterocycles. The molecule has 0 amide bonds. The molecular weight excluding hydrogens is 179 g/mol. The van der Waals surface area contributed by atoms with E-state index in [4.69, 9.17) is 0 Å². The minimum Gasteiger partial charge on any atom is -0.314 e. The molecule has 0 aromatic rings. The topological polar surface area (TPSA) is 12.0 Å². The molecule has 0 aromatic heterocycles. The number of halogens is 3. The molecular formula is C9H16F3N. The van der Waals surface area contributed by atoms with Crippen LogP contribution in [0.25, 0.3) is 0 Å². The summed E-state index contributed by atoms with van der Waals surface area (Å²) < 4.78 is 35.5. The van der Waals surface area contributed by atoms with E-state index >= 15 is 0 Å². The summed E-state index contributed by atoms with van der Waals surface area (Å²) in [7, 11) is 0. The van der Waals surface area contributed by atoms with Crippen molar-refractivity contribution in [2.45, 2.75) is 38.4 Å². The molecule has 0 fully saturated rings. The number of nitrogens with one attached hydrogen (secondary N) is 1. The van der Waals surface area contributed by atoms with Crippen molar-refractivity contribution < 1.29 is 13.2 Å². The van der Waals surface area contributed by atoms with E-state index in [-0.39, 0.29) is 0 Å². The largest absolute Gasteiger partial charge is 0.390 e. The first-order valence-electron chi connectivity index (χ1n) is 4.36. The van der Waals surface area contributed by atoms with Crippen LogP contribution in [-0.2, 0) is 0 Å². The normalized spacial score (nSPS) is 14.2. The summed E-state index contributed by atoms with van der Waals surface area (Å²) >= 11 is 0. The van der Waals surface area contributed by atoms with Crippen LogP contribution in [0.4, 0.5) is 13.2 Å². The molecule has 78 valence electrons. The average molecular weight is 195 g/mol. The van der Waals surface area contributed by atoms with Gasteiger partial charge < -0.3 is 5.32 Å². The van der Waals surface area contributed by atoms with Gasteiger partial charge in [0.05, 0.1) is 6.42 Å². The van der Waals surface area contributed by atoms with Gasteiger partial charge in [0.1, 0.15) is 0 Å². The molecule has 1 nitrogen and oxygen atoms in total. The molecule has 0 aromatic carbocycles. The SMILES string of the molecule is C=CCCCNC(C)CC(F)(F)F. The molecule has 0 aliphatic rings. The lowest BCUT2D eigenvalue weighted by Crippen LogP contribution is -2.31. The van der Waals surface area contributed by atoms with Crippen molar-refractivity contribution in [2.24, 2.45) is 0 Å². The number of rotatable bonds is 6. The summed E-state index contributed by atoms with van der Waals surface area (Å²) in [6.45, 7) is 5.69. The fourth-order valence-electron chi connectivity index (χ4n) is 1.01. The monoisotopic (exact) mass is 195 g/mol. The van der Waals surface area contributed by atoms with Crippen molar-refractivity contribution in [1.82, 2.24) is 5.32 Å². The Labute approximate surface area is 77.0 Å². The molecule has 1 N–H and O–H groups in total. The van der Waals surface area contributed by atoms with Crippen molar-refractivity contribution >= 4 is 0 Å². The maximum atomic E-state index is 11.8. The summed E-state index contributed by atoms with van der Waals surface area (Å²) in [6.07, 6.45) is -1.39. The van der Waals surface area contributed by atoms with Crippen LogP contribution in [-0.4, -0.2) is 18.8 Å². The second-order valence-electron chi connectivity index (χ2n) is 3.11. The van der Waals surface area contributed by atoms with Crippen molar-refractivity contribution in [3.63, 3.8) is 0 Å². The number of hydrogen-bond acceptors (Lipinski definition) is 1. The molecule has 1 unspecified atom stereocenters. The zero-order valence-corrected chi connectivity index (χ0v) is 7.82. The second kappa shape index (κ2) is 6.02. The highest BCUT2D eigenvalue weighted by molar-refractivity contribution is 4.69. The van der Waals surface area contributed by atoms with Crippen molar-refractivity contribution in [1.29, 1.82) is 0 Å². The Balaban J connectivity index is 3.40. The Kier molecular flexibility index (Phi) is 5.79. The number of hydrogen-bond donors (Lipinski definition) is 1. The van der Waals surface area contributed by atoms with Gasteiger partial charge in [-0.1, -0.05) is 6.08 Å². The first-order chi connectivity index (χ1) is 5.95. The Morgan fingerprint density at radius 3 is 2.54 bits per heavy atom. The lowest BCUT2D eigenvalue weighted by molar-refractivity contribution is -0.139. The van der Waals surface area contributed by atoms with E-state index in [9.17, 15) is 13.2 Å². The Bertz CT molecular complexity index is 142. The first-order valence-corrected chi connectivity index (χ1v) is 4.36. The fourth-order valence-corrected chi connectivity index (χ4v) is 1.01. The smallest absolute Gasteiger partial charge is 0.314 e. The molecule has 0 bridgehead atoms. The summed E-state index contributed by atoms with van der Waals surface area (Å²) in [5.74, 6) is 0. The lowest BCUT2D eigenvalue weighted by Gasteiger charge is -2.15. The van der Waals surface area contributed by atoms with Crippen LogP contribution in [0.3, 0.4) is 0 Å². The second-order valence-corrected chi connectivity index (χ2v) is 3.11. The van der Waals surface area contributed by atoms with E-state index in [0.29, 0.717) is 6.54 Å². The van der Waals surface area contributed by atoms with E-state index in [1.54, 1.807) is 13.0 Å². The Hall–Kier alpha value is -0.510. The van der Waals surface area contributed by atoms with Gasteiger partial charge in [-0.15, -0.1) is 6.58 Å². The summed E-state index contributed by atoms with van der Waals surface area (Å²) in [6, 6.07) is -0.496. The van der Waals surface area contributed by atoms with Gasteiger partial charge in [-0.2, -0.15) is 13.2 Å². The molecule has 0 spiro atoms. The summed E-state index contributed by atoms with van der Waals surface area (Å²) in [5, 5.41) is 2.81. The minimum absolute atomic E-state index is 0.496. The molecule has 0 saturated heterocycles. The van der Waals surface area contributed by atoms with Crippen LogP contribution in [0.15, 0.2) is 12.7 Å². The van der Waals surface area contributed by atoms with Crippen molar-refractivity contribution in [2.75, 3.05) is 6.54 Å². The van der Waals surface area contributed by atoms with Crippen molar-refractivity contribution in [3.05, 3.63) is 12.7 Å². The highest BCUT2D eigenvalue weighted by atomic mass is 19.4. The van der Waals surface area contributed by atoms with Crippen LogP contribution >= 0.6 is 0 Å². The van der Waals surface area contributed by atoms with Crippen molar-refractivity contribution in [3.8, 4) is 0 Å². The van der Waals surface area contributed by atoms with Crippen LogP contribution in [0, 0.1) is 0 Å². The van der Waals surface area contributed by atoms with Gasteiger partial charge >= 0.3 is 6.18 Å². The molecule has 1 atom stereocenters. The molecule has 0 rings (SSSR count). The highest BCUT2D eigenvalue weighted by Gasteiger charge is 2.29. The van der Waals surface area contributed by atoms with Gasteiger partial charge in [0.15, 0.2) is 0 Å². The summed E-state index contributed by atoms with van der Waals surface area (Å²) in [4.78, 5) is 0. The predicted molar refractivity (Wildman–Crippen MR) is 47.6 cm³/mol. The van der Waals surface area contributed by atoms with Gasteiger partial charge in [0.25, 0.3) is 0 Å². The molecule has 0 saturated carbocycles. The average Bonchev–Trinajstić information content (AvgIpc) is 1.94. The maximum absolute atomic E-state index is 11.8. The van der Waals surface area contributed by atoms with Gasteiger partial charge in [-0.3, -0.25) is 0 Å². The molecule has 0 heterocycles. The third kappa shape index (κ3) is 9.40. The van der Waals surface area contributed by atoms with E-state index in [1.807, 2.05) is 0 Å². The molecule has 4 heteroatoms. The van der Waals surface area contributed by atoms with Crippen LogP contribution in [0.5, 0.6) is 0 Å². The molecule has 0 radical (unpaired) electrons. The first kappa shape index (κ1) is 12.5. The van der Waals surface area contributed by atoms with Crippen LogP contribution < -0.4 is 5.32 Å². The predicted octanol–water partition coefficient (Wildman–Crippen LogP) is 2.88. The third-order valence-corrected chi connectivity index (χ3v) is 1.62. The quantitative estimate of drug-likeness (QED) is 0.507. The van der Waals surface area contributed by atoms with Gasteiger partial charge in [0, 0.05) is 6.04 Å². The van der Waals surface area contributed by atoms with E-state index in [2.05, 4.69) is 11.9 Å². The zero-order chi connectivity index (χ0) is 10.3. The minimum atomic E-state index is -4.06. The van der Waals surface area contributed by atoms with Gasteiger partial charge in [-0.25, -0.2) is 0 Å². The molecule has 13 heavy (non-hydrogen) atoms. The maximum Gasteiger partial charge on any atom is 0.390 e. The Morgan fingerprint density at radius 1 is 1.46 bits per heavy atom. The van der Waals surface area contributed by atoms with E-state index in [1.165, 1.54) is 0 Å². The van der Waals surface area contributed by atoms with Crippen LogP contribution in [0.2, 0.25) is 0 Å². The third-order valence-electron chi connectivity index (χ3n) is 1.62. The zero-order valence-electron chi connectivity index (χ0n) is 7.82. The highest BCUT2D eigenvalue weighted by Crippen LogP contribution is 2.21. The number of alkyl halides is 3. The molecule has 0 aliphatic carbocycles. The lowest BCUT2D eigenvalue weighted by atomic mass is 10.2. The van der Waals surface area contributed by atoms with Gasteiger partial charge in [-0.05, 0) is 26.3 Å². The summed E-state index contributed by atoms with van der Waals surface area (Å²) in [5.41, 5.74) is 0.